The molecule has 0 atom stereocenters. The molecule has 0 N–H and O–H groups in total. The topological polar surface area (TPSA) is 26.3 Å². The Hall–Kier alpha value is -1.31. The van der Waals surface area contributed by atoms with Crippen LogP contribution in [-0.4, -0.2) is 5.97 Å². The van der Waals surface area contributed by atoms with Crippen molar-refractivity contribution in [2.75, 3.05) is 0 Å². The molecule has 3 fully saturated rings. The average molecular weight is 216 g/mol. The molecule has 2 nitrogen and oxygen atoms in total. The van der Waals surface area contributed by atoms with Crippen LogP contribution < -0.4 is 0 Å². The zero-order valence-corrected chi connectivity index (χ0v) is 9.32. The number of hydrogen-bond acceptors (Lipinski definition) is 2. The van der Waals surface area contributed by atoms with Crippen molar-refractivity contribution >= 4 is 5.97 Å². The van der Waals surface area contributed by atoms with Gasteiger partial charge in [-0.15, -0.1) is 0 Å². The third kappa shape index (κ3) is 1.73. The van der Waals surface area contributed by atoms with Crippen molar-refractivity contribution < 1.29 is 9.53 Å². The molecule has 1 aromatic rings. The Morgan fingerprint density at radius 1 is 1.25 bits per heavy atom. The standard InChI is InChI=1S/C14H16O2/c15-13(9-14-6-12(7-14)8-14)16-10-11-4-2-1-3-5-11/h1-5,12H,6-10H2. The number of esters is 1. The minimum atomic E-state index is -0.0259. The molecule has 3 aliphatic rings. The zero-order valence-electron chi connectivity index (χ0n) is 9.32. The summed E-state index contributed by atoms with van der Waals surface area (Å²) in [6.45, 7) is 0.416. The van der Waals surface area contributed by atoms with Gasteiger partial charge in [-0.3, -0.25) is 4.79 Å². The second kappa shape index (κ2) is 3.62. The Labute approximate surface area is 95.6 Å². The van der Waals surface area contributed by atoms with Gasteiger partial charge < -0.3 is 4.74 Å². The second-order valence-electron chi connectivity index (χ2n) is 5.30. The van der Waals surface area contributed by atoms with Gasteiger partial charge in [-0.1, -0.05) is 30.3 Å². The van der Waals surface area contributed by atoms with Crippen molar-refractivity contribution in [2.45, 2.75) is 32.3 Å². The van der Waals surface area contributed by atoms with E-state index in [0.717, 1.165) is 11.5 Å². The number of carbonyl (C=O) groups is 1. The quantitative estimate of drug-likeness (QED) is 0.723. The van der Waals surface area contributed by atoms with E-state index >= 15 is 0 Å². The largest absolute Gasteiger partial charge is 0.461 e. The van der Waals surface area contributed by atoms with Gasteiger partial charge >= 0.3 is 5.97 Å². The molecule has 4 rings (SSSR count). The van der Waals surface area contributed by atoms with Crippen LogP contribution in [0.15, 0.2) is 30.3 Å². The Balaban J connectivity index is 1.46. The fraction of sp³-hybridized carbons (Fsp3) is 0.500. The van der Waals surface area contributed by atoms with Crippen LogP contribution in [-0.2, 0) is 16.1 Å². The molecule has 0 unspecified atom stereocenters. The van der Waals surface area contributed by atoms with Crippen molar-refractivity contribution in [1.29, 1.82) is 0 Å². The highest BCUT2D eigenvalue weighted by atomic mass is 16.5. The molecule has 84 valence electrons. The normalized spacial score (nSPS) is 30.1. The molecule has 0 aromatic heterocycles. The first-order chi connectivity index (χ1) is 7.76. The molecular formula is C14H16O2. The molecule has 2 bridgehead atoms. The maximum absolute atomic E-state index is 11.6. The monoisotopic (exact) mass is 216 g/mol. The molecule has 0 saturated heterocycles. The Morgan fingerprint density at radius 3 is 2.50 bits per heavy atom. The lowest BCUT2D eigenvalue weighted by Gasteiger charge is -2.61. The molecule has 0 spiro atoms. The van der Waals surface area contributed by atoms with Crippen LogP contribution in [0.3, 0.4) is 0 Å². The van der Waals surface area contributed by atoms with Crippen molar-refractivity contribution in [3.63, 3.8) is 0 Å². The first-order valence-corrected chi connectivity index (χ1v) is 5.95. The summed E-state index contributed by atoms with van der Waals surface area (Å²) in [5.74, 6) is 0.906. The summed E-state index contributed by atoms with van der Waals surface area (Å²) >= 11 is 0. The maximum Gasteiger partial charge on any atom is 0.306 e. The van der Waals surface area contributed by atoms with E-state index in [-0.39, 0.29) is 5.97 Å². The van der Waals surface area contributed by atoms with E-state index < -0.39 is 0 Å². The van der Waals surface area contributed by atoms with Crippen molar-refractivity contribution in [3.8, 4) is 0 Å². The van der Waals surface area contributed by atoms with E-state index in [0.29, 0.717) is 18.4 Å². The Bertz CT molecular complexity index is 379. The van der Waals surface area contributed by atoms with Crippen LogP contribution in [0.1, 0.15) is 31.2 Å². The summed E-state index contributed by atoms with van der Waals surface area (Å²) < 4.78 is 5.29. The van der Waals surface area contributed by atoms with Crippen LogP contribution in [0.2, 0.25) is 0 Å². The van der Waals surface area contributed by atoms with E-state index in [4.69, 9.17) is 4.74 Å². The second-order valence-corrected chi connectivity index (χ2v) is 5.30. The summed E-state index contributed by atoms with van der Waals surface area (Å²) in [7, 11) is 0. The van der Waals surface area contributed by atoms with E-state index in [2.05, 4.69) is 0 Å². The third-order valence-electron chi connectivity index (χ3n) is 3.93. The van der Waals surface area contributed by atoms with E-state index in [1.165, 1.54) is 19.3 Å². The average Bonchev–Trinajstić information content (AvgIpc) is 2.20. The lowest BCUT2D eigenvalue weighted by Crippen LogP contribution is -2.52. The molecule has 0 aliphatic heterocycles. The Kier molecular flexibility index (Phi) is 2.23. The first kappa shape index (κ1) is 9.88. The van der Waals surface area contributed by atoms with E-state index in [1.807, 2.05) is 30.3 Å². The van der Waals surface area contributed by atoms with Gasteiger partial charge in [0, 0.05) is 0 Å². The van der Waals surface area contributed by atoms with Gasteiger partial charge in [0.2, 0.25) is 0 Å². The molecule has 1 aromatic carbocycles. The van der Waals surface area contributed by atoms with Gasteiger partial charge in [0.1, 0.15) is 6.61 Å². The number of benzene rings is 1. The van der Waals surface area contributed by atoms with Gasteiger partial charge in [-0.25, -0.2) is 0 Å². The van der Waals surface area contributed by atoms with Crippen LogP contribution in [0.5, 0.6) is 0 Å². The van der Waals surface area contributed by atoms with Crippen LogP contribution in [0.25, 0.3) is 0 Å². The fourth-order valence-electron chi connectivity index (χ4n) is 2.97. The molecule has 0 heterocycles. The SMILES string of the molecule is O=C(CC12CC(C1)C2)OCc1ccccc1. The van der Waals surface area contributed by atoms with Gasteiger partial charge in [0.15, 0.2) is 0 Å². The molecule has 3 aliphatic carbocycles. The van der Waals surface area contributed by atoms with Crippen molar-refractivity contribution in [2.24, 2.45) is 11.3 Å². The highest BCUT2D eigenvalue weighted by Gasteiger charge is 2.57. The molecular weight excluding hydrogens is 200 g/mol. The minimum absolute atomic E-state index is 0.0259. The molecule has 0 radical (unpaired) electrons. The lowest BCUT2D eigenvalue weighted by atomic mass is 9.43. The van der Waals surface area contributed by atoms with Gasteiger partial charge in [0.05, 0.1) is 6.42 Å². The third-order valence-corrected chi connectivity index (χ3v) is 3.93. The molecule has 16 heavy (non-hydrogen) atoms. The summed E-state index contributed by atoms with van der Waals surface area (Å²) in [5, 5.41) is 0. The molecule has 3 saturated carbocycles. The predicted molar refractivity (Wildman–Crippen MR) is 60.6 cm³/mol. The lowest BCUT2D eigenvalue weighted by molar-refractivity contribution is -0.165. The van der Waals surface area contributed by atoms with Gasteiger partial charge in [-0.2, -0.15) is 0 Å². The summed E-state index contributed by atoms with van der Waals surface area (Å²) in [4.78, 5) is 11.6. The number of hydrogen-bond donors (Lipinski definition) is 0. The van der Waals surface area contributed by atoms with E-state index in [1.54, 1.807) is 0 Å². The van der Waals surface area contributed by atoms with Gasteiger partial charge in [-0.05, 0) is 36.2 Å². The van der Waals surface area contributed by atoms with Crippen LogP contribution >= 0.6 is 0 Å². The minimum Gasteiger partial charge on any atom is -0.461 e. The zero-order chi connectivity index (χ0) is 11.0. The van der Waals surface area contributed by atoms with Crippen molar-refractivity contribution in [1.82, 2.24) is 0 Å². The summed E-state index contributed by atoms with van der Waals surface area (Å²) in [6.07, 6.45) is 4.41. The summed E-state index contributed by atoms with van der Waals surface area (Å²) in [5.41, 5.74) is 1.42. The first-order valence-electron chi connectivity index (χ1n) is 5.95. The molecule has 2 heteroatoms. The number of ether oxygens (including phenoxy) is 1. The van der Waals surface area contributed by atoms with Crippen LogP contribution in [0, 0.1) is 11.3 Å². The Morgan fingerprint density at radius 2 is 1.94 bits per heavy atom. The number of carbonyl (C=O) groups excluding carboxylic acids is 1. The molecule has 0 amide bonds. The fourth-order valence-corrected chi connectivity index (χ4v) is 2.97. The van der Waals surface area contributed by atoms with E-state index in [9.17, 15) is 4.79 Å². The predicted octanol–water partition coefficient (Wildman–Crippen LogP) is 2.92. The highest BCUT2D eigenvalue weighted by molar-refractivity contribution is 5.71. The summed E-state index contributed by atoms with van der Waals surface area (Å²) in [6, 6.07) is 9.85. The van der Waals surface area contributed by atoms with Gasteiger partial charge in [0.25, 0.3) is 0 Å². The highest BCUT2D eigenvalue weighted by Crippen LogP contribution is 2.66. The van der Waals surface area contributed by atoms with Crippen LogP contribution in [0.4, 0.5) is 0 Å². The number of rotatable bonds is 4. The smallest absolute Gasteiger partial charge is 0.306 e. The van der Waals surface area contributed by atoms with Crippen molar-refractivity contribution in [3.05, 3.63) is 35.9 Å². The maximum atomic E-state index is 11.6.